The number of nitrogens with zero attached hydrogens (tertiary/aromatic N) is 2. The fraction of sp³-hybridized carbons (Fsp3) is 0.0769. The van der Waals surface area contributed by atoms with Crippen molar-refractivity contribution in [3.8, 4) is 0 Å². The van der Waals surface area contributed by atoms with Crippen LogP contribution in [0.5, 0.6) is 0 Å². The molecular formula is C13H10N2OS. The van der Waals surface area contributed by atoms with Crippen molar-refractivity contribution >= 4 is 21.6 Å². The van der Waals surface area contributed by atoms with Crippen molar-refractivity contribution in [2.75, 3.05) is 0 Å². The molecule has 3 nitrogen and oxygen atoms in total. The first-order chi connectivity index (χ1) is 8.34. The van der Waals surface area contributed by atoms with Crippen molar-refractivity contribution < 1.29 is 0 Å². The highest BCUT2D eigenvalue weighted by molar-refractivity contribution is 7.16. The molecule has 0 bridgehead atoms. The Bertz CT molecular complexity index is 700. The summed E-state index contributed by atoms with van der Waals surface area (Å²) in [6.07, 6.45) is 1.62. The second-order valence-electron chi connectivity index (χ2n) is 3.80. The van der Waals surface area contributed by atoms with E-state index in [4.69, 9.17) is 0 Å². The van der Waals surface area contributed by atoms with Gasteiger partial charge in [-0.3, -0.25) is 9.36 Å². The molecule has 84 valence electrons. The molecule has 17 heavy (non-hydrogen) atoms. The lowest BCUT2D eigenvalue weighted by atomic mass is 10.2. The zero-order valence-corrected chi connectivity index (χ0v) is 9.85. The van der Waals surface area contributed by atoms with Gasteiger partial charge < -0.3 is 0 Å². The first-order valence-corrected chi connectivity index (χ1v) is 6.19. The Balaban J connectivity index is 2.07. The normalized spacial score (nSPS) is 10.8. The molecule has 4 heteroatoms. The number of rotatable bonds is 2. The summed E-state index contributed by atoms with van der Waals surface area (Å²) in [7, 11) is 0. The van der Waals surface area contributed by atoms with Crippen LogP contribution >= 0.6 is 11.3 Å². The number of thiophene rings is 1. The summed E-state index contributed by atoms with van der Waals surface area (Å²) in [6, 6.07) is 11.7. The molecule has 0 saturated heterocycles. The van der Waals surface area contributed by atoms with E-state index in [1.807, 2.05) is 41.8 Å². The monoisotopic (exact) mass is 242 g/mol. The van der Waals surface area contributed by atoms with Gasteiger partial charge in [0, 0.05) is 0 Å². The van der Waals surface area contributed by atoms with Crippen LogP contribution in [0.15, 0.2) is 52.9 Å². The summed E-state index contributed by atoms with van der Waals surface area (Å²) >= 11 is 1.49. The van der Waals surface area contributed by atoms with Crippen LogP contribution in [0.2, 0.25) is 0 Å². The number of benzene rings is 1. The van der Waals surface area contributed by atoms with E-state index in [0.29, 0.717) is 11.9 Å². The van der Waals surface area contributed by atoms with Crippen molar-refractivity contribution in [3.63, 3.8) is 0 Å². The minimum absolute atomic E-state index is 0.0279. The predicted octanol–water partition coefficient (Wildman–Crippen LogP) is 2.51. The van der Waals surface area contributed by atoms with Crippen LogP contribution in [0.4, 0.5) is 0 Å². The van der Waals surface area contributed by atoms with Gasteiger partial charge in [0.25, 0.3) is 5.56 Å². The molecule has 2 heterocycles. The summed E-state index contributed by atoms with van der Waals surface area (Å²) in [5.41, 5.74) is 1.13. The summed E-state index contributed by atoms with van der Waals surface area (Å²) in [5, 5.41) is 2.60. The van der Waals surface area contributed by atoms with Gasteiger partial charge in [-0.05, 0) is 17.0 Å². The SMILES string of the molecule is O=c1c2ccsc2ncn1Cc1ccccc1. The van der Waals surface area contributed by atoms with E-state index >= 15 is 0 Å². The largest absolute Gasteiger partial charge is 0.294 e. The average molecular weight is 242 g/mol. The van der Waals surface area contributed by atoms with Crippen LogP contribution in [-0.4, -0.2) is 9.55 Å². The fourth-order valence-corrected chi connectivity index (χ4v) is 2.51. The first-order valence-electron chi connectivity index (χ1n) is 5.31. The molecule has 0 saturated carbocycles. The lowest BCUT2D eigenvalue weighted by Gasteiger charge is -2.04. The molecule has 0 fully saturated rings. The summed E-state index contributed by atoms with van der Waals surface area (Å²) in [5.74, 6) is 0. The average Bonchev–Trinajstić information content (AvgIpc) is 2.83. The molecule has 0 aliphatic carbocycles. The molecule has 0 amide bonds. The lowest BCUT2D eigenvalue weighted by Crippen LogP contribution is -2.20. The number of aromatic nitrogens is 2. The van der Waals surface area contributed by atoms with Gasteiger partial charge in [-0.1, -0.05) is 30.3 Å². The minimum Gasteiger partial charge on any atom is -0.294 e. The molecule has 0 radical (unpaired) electrons. The summed E-state index contributed by atoms with van der Waals surface area (Å²) < 4.78 is 1.64. The number of hydrogen-bond acceptors (Lipinski definition) is 3. The fourth-order valence-electron chi connectivity index (χ4n) is 1.79. The zero-order valence-electron chi connectivity index (χ0n) is 9.04. The molecular weight excluding hydrogens is 232 g/mol. The minimum atomic E-state index is 0.0279. The summed E-state index contributed by atoms with van der Waals surface area (Å²) in [4.78, 5) is 17.2. The van der Waals surface area contributed by atoms with Crippen LogP contribution in [0.1, 0.15) is 5.56 Å². The molecule has 1 aromatic carbocycles. The number of hydrogen-bond donors (Lipinski definition) is 0. The van der Waals surface area contributed by atoms with Crippen molar-refractivity contribution in [1.29, 1.82) is 0 Å². The summed E-state index contributed by atoms with van der Waals surface area (Å²) in [6.45, 7) is 0.568. The highest BCUT2D eigenvalue weighted by atomic mass is 32.1. The van der Waals surface area contributed by atoms with Crippen molar-refractivity contribution in [2.45, 2.75) is 6.54 Å². The maximum Gasteiger partial charge on any atom is 0.262 e. The molecule has 2 aromatic heterocycles. The molecule has 0 N–H and O–H groups in total. The molecule has 0 spiro atoms. The topological polar surface area (TPSA) is 34.9 Å². The van der Waals surface area contributed by atoms with Crippen molar-refractivity contribution in [3.05, 3.63) is 64.0 Å². The van der Waals surface area contributed by atoms with Gasteiger partial charge in [0.15, 0.2) is 0 Å². The Morgan fingerprint density at radius 1 is 1.18 bits per heavy atom. The van der Waals surface area contributed by atoms with E-state index in [2.05, 4.69) is 4.98 Å². The van der Waals surface area contributed by atoms with E-state index in [1.54, 1.807) is 10.9 Å². The third-order valence-corrected chi connectivity index (χ3v) is 3.47. The molecule has 0 aliphatic heterocycles. The van der Waals surface area contributed by atoms with Gasteiger partial charge in [0.2, 0.25) is 0 Å². The van der Waals surface area contributed by atoms with Gasteiger partial charge in [0.05, 0.1) is 18.3 Å². The van der Waals surface area contributed by atoms with E-state index in [0.717, 1.165) is 10.4 Å². The van der Waals surface area contributed by atoms with E-state index in [9.17, 15) is 4.79 Å². The third-order valence-electron chi connectivity index (χ3n) is 2.65. The Kier molecular flexibility index (Phi) is 2.49. The second-order valence-corrected chi connectivity index (χ2v) is 4.70. The first kappa shape index (κ1) is 10.2. The lowest BCUT2D eigenvalue weighted by molar-refractivity contribution is 0.749. The second kappa shape index (κ2) is 4.14. The maximum absolute atomic E-state index is 12.1. The van der Waals surface area contributed by atoms with Crippen molar-refractivity contribution in [2.24, 2.45) is 0 Å². The van der Waals surface area contributed by atoms with Crippen LogP contribution in [0.3, 0.4) is 0 Å². The highest BCUT2D eigenvalue weighted by Crippen LogP contribution is 2.13. The highest BCUT2D eigenvalue weighted by Gasteiger charge is 2.04. The molecule has 0 unspecified atom stereocenters. The predicted molar refractivity (Wildman–Crippen MR) is 69.4 cm³/mol. The van der Waals surface area contributed by atoms with E-state index in [-0.39, 0.29) is 5.56 Å². The Morgan fingerprint density at radius 3 is 2.82 bits per heavy atom. The molecule has 3 rings (SSSR count). The van der Waals surface area contributed by atoms with Crippen LogP contribution in [0.25, 0.3) is 10.2 Å². The molecule has 0 aliphatic rings. The standard InChI is InChI=1S/C13H10N2OS/c16-13-11-6-7-17-12(11)14-9-15(13)8-10-4-2-1-3-5-10/h1-7,9H,8H2. The molecule has 3 aromatic rings. The van der Waals surface area contributed by atoms with Crippen LogP contribution in [0, 0.1) is 0 Å². The third kappa shape index (κ3) is 1.87. The quantitative estimate of drug-likeness (QED) is 0.692. The Morgan fingerprint density at radius 2 is 2.00 bits per heavy atom. The van der Waals surface area contributed by atoms with Gasteiger partial charge in [-0.25, -0.2) is 4.98 Å². The van der Waals surface area contributed by atoms with Crippen molar-refractivity contribution in [1.82, 2.24) is 9.55 Å². The Labute approximate surface area is 102 Å². The Hall–Kier alpha value is -1.94. The van der Waals surface area contributed by atoms with Crippen LogP contribution in [-0.2, 0) is 6.54 Å². The van der Waals surface area contributed by atoms with Crippen LogP contribution < -0.4 is 5.56 Å². The number of fused-ring (bicyclic) bond motifs is 1. The smallest absolute Gasteiger partial charge is 0.262 e. The van der Waals surface area contributed by atoms with E-state index in [1.165, 1.54) is 11.3 Å². The van der Waals surface area contributed by atoms with Gasteiger partial charge in [-0.15, -0.1) is 11.3 Å². The van der Waals surface area contributed by atoms with Gasteiger partial charge in [-0.2, -0.15) is 0 Å². The van der Waals surface area contributed by atoms with Gasteiger partial charge in [0.1, 0.15) is 4.83 Å². The van der Waals surface area contributed by atoms with Gasteiger partial charge >= 0.3 is 0 Å². The zero-order chi connectivity index (χ0) is 11.7. The maximum atomic E-state index is 12.1. The molecule has 0 atom stereocenters. The van der Waals surface area contributed by atoms with E-state index < -0.39 is 0 Å².